The van der Waals surface area contributed by atoms with Crippen LogP contribution in [0.4, 0.5) is 0 Å². The third-order valence-corrected chi connectivity index (χ3v) is 7.18. The minimum Gasteiger partial charge on any atom is -0.298 e. The molecule has 1 aliphatic rings. The van der Waals surface area contributed by atoms with E-state index in [-0.39, 0.29) is 0 Å². The Morgan fingerprint density at radius 2 is 1.44 bits per heavy atom. The molecule has 6 heterocycles. The second-order valence-electron chi connectivity index (χ2n) is 9.79. The molecule has 0 saturated carbocycles. The molecule has 0 amide bonds. The number of imidazole rings is 1. The zero-order chi connectivity index (χ0) is 27.2. The van der Waals surface area contributed by atoms with E-state index >= 15 is 0 Å². The fraction of sp³-hybridized carbons (Fsp3) is 0.0606. The van der Waals surface area contributed by atoms with Gasteiger partial charge in [-0.2, -0.15) is 0 Å². The molecule has 0 unspecified atom stereocenters. The second-order valence-corrected chi connectivity index (χ2v) is 9.79. The van der Waals surface area contributed by atoms with Crippen LogP contribution in [-0.4, -0.2) is 40.5 Å². The summed E-state index contributed by atoms with van der Waals surface area (Å²) in [5.74, 6) is 1.62. The van der Waals surface area contributed by atoms with E-state index in [1.807, 2.05) is 79.1 Å². The van der Waals surface area contributed by atoms with Gasteiger partial charge in [-0.15, -0.1) is 0 Å². The summed E-state index contributed by atoms with van der Waals surface area (Å²) in [6.45, 7) is 0. The molecule has 0 spiro atoms. The first kappa shape index (κ1) is 23.3. The van der Waals surface area contributed by atoms with Crippen molar-refractivity contribution in [1.29, 1.82) is 0 Å². The maximum absolute atomic E-state index is 5.09. The monoisotopic (exact) mass is 530 g/mol. The van der Waals surface area contributed by atoms with Crippen LogP contribution < -0.4 is 0 Å². The summed E-state index contributed by atoms with van der Waals surface area (Å²) >= 11 is 0. The first-order valence-corrected chi connectivity index (χ1v) is 13.5. The number of rotatable bonds is 4. The van der Waals surface area contributed by atoms with Gasteiger partial charge in [0.25, 0.3) is 0 Å². The molecule has 0 N–H and O–H groups in total. The number of pyridine rings is 3. The van der Waals surface area contributed by atoms with Crippen molar-refractivity contribution in [2.24, 2.45) is 4.99 Å². The van der Waals surface area contributed by atoms with E-state index < -0.39 is 0 Å². The van der Waals surface area contributed by atoms with Crippen molar-refractivity contribution in [2.45, 2.75) is 12.8 Å². The summed E-state index contributed by atoms with van der Waals surface area (Å²) in [5.41, 5.74) is 7.87. The van der Waals surface area contributed by atoms with E-state index in [2.05, 4.69) is 38.7 Å². The van der Waals surface area contributed by atoms with Crippen molar-refractivity contribution in [3.05, 3.63) is 109 Å². The van der Waals surface area contributed by atoms with Crippen LogP contribution >= 0.6 is 0 Å². The molecule has 8 heteroatoms. The number of para-hydroxylation sites is 1. The highest BCUT2D eigenvalue weighted by Crippen LogP contribution is 2.34. The van der Waals surface area contributed by atoms with E-state index in [9.17, 15) is 0 Å². The van der Waals surface area contributed by atoms with Gasteiger partial charge < -0.3 is 0 Å². The minimum atomic E-state index is 0.514. The first-order chi connectivity index (χ1) is 20.3. The lowest BCUT2D eigenvalue weighted by Crippen LogP contribution is -2.04. The van der Waals surface area contributed by atoms with Crippen molar-refractivity contribution in [1.82, 2.24) is 34.3 Å². The van der Waals surface area contributed by atoms with Gasteiger partial charge in [0.15, 0.2) is 17.5 Å². The highest BCUT2D eigenvalue weighted by Gasteiger charge is 2.18. The average Bonchev–Trinajstić information content (AvgIpc) is 3.45. The molecule has 41 heavy (non-hydrogen) atoms. The Bertz CT molecular complexity index is 2140. The van der Waals surface area contributed by atoms with E-state index in [4.69, 9.17) is 24.9 Å². The van der Waals surface area contributed by atoms with Crippen LogP contribution in [0.25, 0.3) is 67.4 Å². The molecule has 0 aliphatic carbocycles. The maximum Gasteiger partial charge on any atom is 0.182 e. The van der Waals surface area contributed by atoms with E-state index in [1.54, 1.807) is 6.20 Å². The molecule has 8 rings (SSSR count). The molecule has 7 aromatic rings. The summed E-state index contributed by atoms with van der Waals surface area (Å²) in [7, 11) is 0. The molecule has 194 valence electrons. The third-order valence-electron chi connectivity index (χ3n) is 7.18. The molecular formula is C33H22N8. The Hall–Kier alpha value is -5.63. The molecule has 1 aliphatic heterocycles. The third kappa shape index (κ3) is 4.04. The SMILES string of the molecule is C1=NC(c2nc(-c3ccc(-c4nc5ccccc5c5nc6ccccn6c45)cc3)nc(-c3ccccn3)n2)=CCC1. The molecular weight excluding hydrogens is 508 g/mol. The number of benzene rings is 2. The summed E-state index contributed by atoms with van der Waals surface area (Å²) < 4.78 is 2.10. The summed E-state index contributed by atoms with van der Waals surface area (Å²) in [5, 5.41) is 1.03. The number of hydrogen-bond donors (Lipinski definition) is 0. The number of nitrogens with zero attached hydrogens (tertiary/aromatic N) is 8. The first-order valence-electron chi connectivity index (χ1n) is 13.5. The molecule has 0 radical (unpaired) electrons. The molecule has 8 nitrogen and oxygen atoms in total. The molecule has 5 aromatic heterocycles. The van der Waals surface area contributed by atoms with Crippen molar-refractivity contribution in [2.75, 3.05) is 0 Å². The number of hydrogen-bond acceptors (Lipinski definition) is 7. The predicted octanol–water partition coefficient (Wildman–Crippen LogP) is 6.82. The van der Waals surface area contributed by atoms with Crippen LogP contribution in [0, 0.1) is 0 Å². The van der Waals surface area contributed by atoms with Crippen LogP contribution in [0.2, 0.25) is 0 Å². The van der Waals surface area contributed by atoms with Gasteiger partial charge in [-0.05, 0) is 43.2 Å². The van der Waals surface area contributed by atoms with Crippen molar-refractivity contribution in [3.63, 3.8) is 0 Å². The lowest BCUT2D eigenvalue weighted by atomic mass is 10.0. The number of fused-ring (bicyclic) bond motifs is 5. The highest BCUT2D eigenvalue weighted by molar-refractivity contribution is 6.09. The van der Waals surface area contributed by atoms with Crippen molar-refractivity contribution >= 4 is 39.5 Å². The Labute approximate surface area is 234 Å². The van der Waals surface area contributed by atoms with E-state index in [0.29, 0.717) is 23.2 Å². The van der Waals surface area contributed by atoms with Gasteiger partial charge in [0.2, 0.25) is 0 Å². The lowest BCUT2D eigenvalue weighted by molar-refractivity contribution is 1.00. The fourth-order valence-corrected chi connectivity index (χ4v) is 5.22. The molecule has 0 fully saturated rings. The molecule has 2 aromatic carbocycles. The van der Waals surface area contributed by atoms with Gasteiger partial charge in [-0.25, -0.2) is 24.9 Å². The highest BCUT2D eigenvalue weighted by atomic mass is 15.1. The Balaban J connectivity index is 1.28. The molecule has 0 saturated heterocycles. The predicted molar refractivity (Wildman–Crippen MR) is 161 cm³/mol. The molecule has 0 bridgehead atoms. The Kier molecular flexibility index (Phi) is 5.41. The van der Waals surface area contributed by atoms with Crippen LogP contribution in [0.5, 0.6) is 0 Å². The molecule has 0 atom stereocenters. The van der Waals surface area contributed by atoms with Gasteiger partial charge in [-0.3, -0.25) is 14.4 Å². The van der Waals surface area contributed by atoms with Gasteiger partial charge in [0.05, 0.1) is 16.7 Å². The number of aliphatic imine (C=N–C) groups is 1. The quantitative estimate of drug-likeness (QED) is 0.248. The van der Waals surface area contributed by atoms with Gasteiger partial charge in [0, 0.05) is 35.1 Å². The normalized spacial score (nSPS) is 13.2. The van der Waals surface area contributed by atoms with Gasteiger partial charge >= 0.3 is 0 Å². The lowest BCUT2D eigenvalue weighted by Gasteiger charge is -2.10. The van der Waals surface area contributed by atoms with Crippen LogP contribution in [0.15, 0.2) is 108 Å². The van der Waals surface area contributed by atoms with E-state index in [0.717, 1.165) is 62.9 Å². The largest absolute Gasteiger partial charge is 0.298 e. The van der Waals surface area contributed by atoms with E-state index in [1.165, 1.54) is 0 Å². The Morgan fingerprint density at radius 3 is 2.29 bits per heavy atom. The van der Waals surface area contributed by atoms with Gasteiger partial charge in [-0.1, -0.05) is 60.7 Å². The van der Waals surface area contributed by atoms with Gasteiger partial charge in [0.1, 0.15) is 22.6 Å². The minimum absolute atomic E-state index is 0.514. The van der Waals surface area contributed by atoms with Crippen LogP contribution in [0.1, 0.15) is 18.7 Å². The average molecular weight is 531 g/mol. The topological polar surface area (TPSA) is 94.1 Å². The number of allylic oxidation sites excluding steroid dienone is 1. The van der Waals surface area contributed by atoms with Crippen molar-refractivity contribution in [3.8, 4) is 34.2 Å². The van der Waals surface area contributed by atoms with Crippen molar-refractivity contribution < 1.29 is 0 Å². The fourth-order valence-electron chi connectivity index (χ4n) is 5.22. The summed E-state index contributed by atoms with van der Waals surface area (Å²) in [4.78, 5) is 33.4. The maximum atomic E-state index is 5.09. The zero-order valence-electron chi connectivity index (χ0n) is 21.9. The number of aromatic nitrogens is 7. The summed E-state index contributed by atoms with van der Waals surface area (Å²) in [6.07, 6.45) is 9.57. The van der Waals surface area contributed by atoms with Crippen LogP contribution in [0.3, 0.4) is 0 Å². The van der Waals surface area contributed by atoms with Crippen LogP contribution in [-0.2, 0) is 0 Å². The standard InChI is InChI=1S/C33H22N8/c1-2-10-24-23(9-1)29-30(41-20-8-5-13-27(41)37-29)28(36-24)21-14-16-22(17-15-21)31-38-32(25-11-3-6-18-34-25)40-33(39-31)26-12-4-7-19-35-26/h1-3,5-6,8-20H,4,7H2. The zero-order valence-corrected chi connectivity index (χ0v) is 21.9. The Morgan fingerprint density at radius 1 is 0.634 bits per heavy atom. The smallest absolute Gasteiger partial charge is 0.182 e. The summed E-state index contributed by atoms with van der Waals surface area (Å²) in [6, 6.07) is 28.1. The second kappa shape index (κ2) is 9.53.